The van der Waals surface area contributed by atoms with Gasteiger partial charge in [-0.15, -0.1) is 0 Å². The Kier molecular flexibility index (Phi) is 3.73. The van der Waals surface area contributed by atoms with Gasteiger partial charge in [-0.1, -0.05) is 0 Å². The van der Waals surface area contributed by atoms with Gasteiger partial charge in [0.25, 0.3) is 5.69 Å². The van der Waals surface area contributed by atoms with Gasteiger partial charge in [0.2, 0.25) is 0 Å². The van der Waals surface area contributed by atoms with Gasteiger partial charge >= 0.3 is 18.1 Å². The van der Waals surface area contributed by atoms with E-state index in [0.29, 0.717) is 12.1 Å². The van der Waals surface area contributed by atoms with Gasteiger partial charge in [0.15, 0.2) is 0 Å². The van der Waals surface area contributed by atoms with Crippen molar-refractivity contribution in [1.82, 2.24) is 0 Å². The first-order valence-electron chi connectivity index (χ1n) is 4.53. The number of nitro benzene ring substituents is 1. The topological polar surface area (TPSA) is 110 Å². The van der Waals surface area contributed by atoms with Gasteiger partial charge in [-0.2, -0.15) is 13.2 Å². The van der Waals surface area contributed by atoms with E-state index in [9.17, 15) is 32.9 Å². The van der Waals surface area contributed by atoms with Crippen LogP contribution in [0.15, 0.2) is 18.2 Å². The van der Waals surface area contributed by atoms with Crippen molar-refractivity contribution in [3.63, 3.8) is 0 Å². The molecular formula is C9H5F3N2O5. The highest BCUT2D eigenvalue weighted by molar-refractivity contribution is 5.98. The third kappa shape index (κ3) is 3.40. The Labute approximate surface area is 102 Å². The number of anilines is 1. The predicted molar refractivity (Wildman–Crippen MR) is 54.7 cm³/mol. The molecule has 0 saturated carbocycles. The number of halogens is 3. The maximum absolute atomic E-state index is 12.0. The van der Waals surface area contributed by atoms with Gasteiger partial charge in [0.1, 0.15) is 5.69 Å². The van der Waals surface area contributed by atoms with Gasteiger partial charge in [0.05, 0.1) is 10.5 Å². The molecule has 0 aromatic heterocycles. The quantitative estimate of drug-likeness (QED) is 0.647. The number of hydrogen-bond donors (Lipinski definition) is 2. The fraction of sp³-hybridized carbons (Fsp3) is 0.111. The van der Waals surface area contributed by atoms with Crippen LogP contribution in [0.4, 0.5) is 24.5 Å². The lowest BCUT2D eigenvalue weighted by Gasteiger charge is -2.08. The zero-order chi connectivity index (χ0) is 14.8. The molecule has 0 saturated heterocycles. The largest absolute Gasteiger partial charge is 0.478 e. The van der Waals surface area contributed by atoms with E-state index in [-0.39, 0.29) is 0 Å². The Balaban J connectivity index is 3.18. The number of benzene rings is 1. The van der Waals surface area contributed by atoms with Crippen molar-refractivity contribution >= 4 is 23.3 Å². The molecule has 1 aromatic rings. The van der Waals surface area contributed by atoms with E-state index in [0.717, 1.165) is 6.07 Å². The fourth-order valence-electron chi connectivity index (χ4n) is 1.11. The van der Waals surface area contributed by atoms with E-state index < -0.39 is 39.9 Å². The van der Waals surface area contributed by atoms with Crippen molar-refractivity contribution in [3.8, 4) is 0 Å². The number of amides is 1. The first-order valence-corrected chi connectivity index (χ1v) is 4.53. The summed E-state index contributed by atoms with van der Waals surface area (Å²) >= 11 is 0. The number of aromatic carboxylic acids is 1. The molecular weight excluding hydrogens is 273 g/mol. The summed E-state index contributed by atoms with van der Waals surface area (Å²) in [5.41, 5.74) is -2.17. The molecule has 10 heteroatoms. The molecule has 1 aromatic carbocycles. The van der Waals surface area contributed by atoms with E-state index >= 15 is 0 Å². The minimum atomic E-state index is -5.21. The van der Waals surface area contributed by atoms with E-state index in [1.807, 2.05) is 0 Å². The average Bonchev–Trinajstić information content (AvgIpc) is 2.27. The van der Waals surface area contributed by atoms with Crippen LogP contribution in [0.1, 0.15) is 10.4 Å². The Hall–Kier alpha value is -2.65. The SMILES string of the molecule is O=C(O)c1ccc(NC(=O)C(F)(F)F)c([N+](=O)[O-])c1. The zero-order valence-corrected chi connectivity index (χ0v) is 8.89. The summed E-state index contributed by atoms with van der Waals surface area (Å²) in [5, 5.41) is 20.5. The number of alkyl halides is 3. The monoisotopic (exact) mass is 278 g/mol. The molecule has 102 valence electrons. The molecule has 0 bridgehead atoms. The average molecular weight is 278 g/mol. The van der Waals surface area contributed by atoms with Crippen molar-refractivity contribution in [2.24, 2.45) is 0 Å². The second-order valence-electron chi connectivity index (χ2n) is 3.25. The molecule has 0 atom stereocenters. The van der Waals surface area contributed by atoms with Gasteiger partial charge in [0, 0.05) is 6.07 Å². The van der Waals surface area contributed by atoms with Crippen molar-refractivity contribution in [2.45, 2.75) is 6.18 Å². The summed E-state index contributed by atoms with van der Waals surface area (Å²) < 4.78 is 36.0. The summed E-state index contributed by atoms with van der Waals surface area (Å²) in [6, 6.07) is 2.10. The molecule has 0 aliphatic heterocycles. The van der Waals surface area contributed by atoms with Crippen LogP contribution in [-0.4, -0.2) is 28.1 Å². The molecule has 19 heavy (non-hydrogen) atoms. The summed E-state index contributed by atoms with van der Waals surface area (Å²) in [5.74, 6) is -3.88. The molecule has 0 radical (unpaired) electrons. The Morgan fingerprint density at radius 2 is 1.89 bits per heavy atom. The maximum atomic E-state index is 12.0. The first kappa shape index (κ1) is 14.4. The molecule has 0 unspecified atom stereocenters. The molecule has 0 heterocycles. The zero-order valence-electron chi connectivity index (χ0n) is 8.89. The van der Waals surface area contributed by atoms with Crippen molar-refractivity contribution in [3.05, 3.63) is 33.9 Å². The Bertz CT molecular complexity index is 555. The number of carboxylic acids is 1. The third-order valence-corrected chi connectivity index (χ3v) is 1.95. The summed E-state index contributed by atoms with van der Waals surface area (Å²) in [6.07, 6.45) is -5.21. The number of carboxylic acid groups (broad SMARTS) is 1. The standard InChI is InChI=1S/C9H5F3N2O5/c10-9(11,12)8(17)13-5-2-1-4(7(15)16)3-6(5)14(18)19/h1-3H,(H,13,17)(H,15,16). The molecule has 0 aliphatic rings. The van der Waals surface area contributed by atoms with E-state index in [1.165, 1.54) is 5.32 Å². The van der Waals surface area contributed by atoms with Gasteiger partial charge < -0.3 is 10.4 Å². The highest BCUT2D eigenvalue weighted by Crippen LogP contribution is 2.27. The second-order valence-corrected chi connectivity index (χ2v) is 3.25. The van der Waals surface area contributed by atoms with Crippen LogP contribution < -0.4 is 5.32 Å². The third-order valence-electron chi connectivity index (χ3n) is 1.95. The van der Waals surface area contributed by atoms with Crippen LogP contribution in [0.2, 0.25) is 0 Å². The smallest absolute Gasteiger partial charge is 0.471 e. The highest BCUT2D eigenvalue weighted by Gasteiger charge is 2.39. The van der Waals surface area contributed by atoms with E-state index in [2.05, 4.69) is 0 Å². The number of nitro groups is 1. The minimum absolute atomic E-state index is 0.489. The van der Waals surface area contributed by atoms with Crippen LogP contribution in [0.25, 0.3) is 0 Å². The lowest BCUT2D eigenvalue weighted by atomic mass is 10.1. The number of carbonyl (C=O) groups is 2. The molecule has 0 spiro atoms. The highest BCUT2D eigenvalue weighted by atomic mass is 19.4. The lowest BCUT2D eigenvalue weighted by Crippen LogP contribution is -2.30. The van der Waals surface area contributed by atoms with Crippen LogP contribution in [-0.2, 0) is 4.79 Å². The Morgan fingerprint density at radius 1 is 1.32 bits per heavy atom. The van der Waals surface area contributed by atoms with Gasteiger partial charge in [-0.3, -0.25) is 14.9 Å². The molecule has 0 fully saturated rings. The summed E-state index contributed by atoms with van der Waals surface area (Å²) in [7, 11) is 0. The van der Waals surface area contributed by atoms with E-state index in [4.69, 9.17) is 5.11 Å². The normalized spacial score (nSPS) is 10.9. The minimum Gasteiger partial charge on any atom is -0.478 e. The first-order chi connectivity index (χ1) is 8.62. The number of carbonyl (C=O) groups excluding carboxylic acids is 1. The second kappa shape index (κ2) is 4.92. The van der Waals surface area contributed by atoms with Crippen LogP contribution in [0, 0.1) is 10.1 Å². The molecule has 2 N–H and O–H groups in total. The summed E-state index contributed by atoms with van der Waals surface area (Å²) in [4.78, 5) is 30.7. The Morgan fingerprint density at radius 3 is 2.32 bits per heavy atom. The van der Waals surface area contributed by atoms with Gasteiger partial charge in [-0.05, 0) is 12.1 Å². The van der Waals surface area contributed by atoms with E-state index in [1.54, 1.807) is 0 Å². The van der Waals surface area contributed by atoms with Crippen molar-refractivity contribution < 1.29 is 32.8 Å². The number of rotatable bonds is 3. The fourth-order valence-corrected chi connectivity index (χ4v) is 1.11. The maximum Gasteiger partial charge on any atom is 0.471 e. The summed E-state index contributed by atoms with van der Waals surface area (Å²) in [6.45, 7) is 0. The molecule has 1 rings (SSSR count). The van der Waals surface area contributed by atoms with Gasteiger partial charge in [-0.25, -0.2) is 4.79 Å². The van der Waals surface area contributed by atoms with Crippen LogP contribution >= 0.6 is 0 Å². The van der Waals surface area contributed by atoms with Crippen LogP contribution in [0.3, 0.4) is 0 Å². The molecule has 7 nitrogen and oxygen atoms in total. The number of hydrogen-bond acceptors (Lipinski definition) is 4. The van der Waals surface area contributed by atoms with Crippen LogP contribution in [0.5, 0.6) is 0 Å². The predicted octanol–water partition coefficient (Wildman–Crippen LogP) is 1.79. The van der Waals surface area contributed by atoms with Crippen molar-refractivity contribution in [1.29, 1.82) is 0 Å². The number of nitrogens with zero attached hydrogens (tertiary/aromatic N) is 1. The molecule has 0 aliphatic carbocycles. The lowest BCUT2D eigenvalue weighted by molar-refractivity contribution is -0.384. The van der Waals surface area contributed by atoms with Crippen molar-refractivity contribution in [2.75, 3.05) is 5.32 Å². The molecule has 1 amide bonds. The number of nitrogens with one attached hydrogen (secondary N) is 1.